The van der Waals surface area contributed by atoms with Crippen LogP contribution in [0.1, 0.15) is 50.8 Å². The van der Waals surface area contributed by atoms with Crippen LogP contribution >= 0.6 is 0 Å². The standard InChI is InChI=1S/C21H24F3N3O3/c1-12(2)19-16(13-5-4-6-14(7-13)21(22,23)24)8-18(29)27(26-19)11-17(28)25-15-9-20(3,30)10-15/h4-8,12,15,30H,9-11H2,1-3H3,(H,25,28)/t15-,20+. The molecule has 1 amide bonds. The molecule has 2 aromatic rings. The van der Waals surface area contributed by atoms with Gasteiger partial charge in [-0.25, -0.2) is 4.68 Å². The van der Waals surface area contributed by atoms with E-state index in [2.05, 4.69) is 10.4 Å². The van der Waals surface area contributed by atoms with Gasteiger partial charge in [0, 0.05) is 17.7 Å². The molecule has 0 saturated heterocycles. The molecule has 0 bridgehead atoms. The van der Waals surface area contributed by atoms with Gasteiger partial charge in [0.25, 0.3) is 5.56 Å². The van der Waals surface area contributed by atoms with E-state index >= 15 is 0 Å². The van der Waals surface area contributed by atoms with E-state index in [-0.39, 0.29) is 24.1 Å². The highest BCUT2D eigenvalue weighted by Gasteiger charge is 2.39. The van der Waals surface area contributed by atoms with Crippen molar-refractivity contribution in [3.8, 4) is 11.1 Å². The fourth-order valence-electron chi connectivity index (χ4n) is 3.65. The van der Waals surface area contributed by atoms with Gasteiger partial charge in [-0.2, -0.15) is 18.3 Å². The highest BCUT2D eigenvalue weighted by Crippen LogP contribution is 2.34. The Morgan fingerprint density at radius 1 is 1.33 bits per heavy atom. The monoisotopic (exact) mass is 423 g/mol. The van der Waals surface area contributed by atoms with Crippen LogP contribution in [0.15, 0.2) is 35.1 Å². The van der Waals surface area contributed by atoms with Gasteiger partial charge in [-0.3, -0.25) is 9.59 Å². The normalized spacial score (nSPS) is 21.4. The fourth-order valence-corrected chi connectivity index (χ4v) is 3.65. The van der Waals surface area contributed by atoms with Gasteiger partial charge >= 0.3 is 6.18 Å². The average Bonchev–Trinajstić information content (AvgIpc) is 2.60. The van der Waals surface area contributed by atoms with E-state index in [0.29, 0.717) is 24.1 Å². The van der Waals surface area contributed by atoms with Gasteiger partial charge in [-0.05, 0) is 43.4 Å². The van der Waals surface area contributed by atoms with Crippen molar-refractivity contribution in [2.75, 3.05) is 0 Å². The number of rotatable bonds is 5. The van der Waals surface area contributed by atoms with Crippen molar-refractivity contribution in [1.82, 2.24) is 15.1 Å². The van der Waals surface area contributed by atoms with Crippen LogP contribution in [0.25, 0.3) is 11.1 Å². The SMILES string of the molecule is CC(C)c1nn(CC(=O)N[C@H]2C[C@@](C)(O)C2)c(=O)cc1-c1cccc(C(F)(F)F)c1. The highest BCUT2D eigenvalue weighted by molar-refractivity contribution is 5.76. The second kappa shape index (κ2) is 7.86. The number of nitrogens with one attached hydrogen (secondary N) is 1. The lowest BCUT2D eigenvalue weighted by Crippen LogP contribution is -2.54. The first-order valence-corrected chi connectivity index (χ1v) is 9.67. The van der Waals surface area contributed by atoms with E-state index in [1.807, 2.05) is 13.8 Å². The van der Waals surface area contributed by atoms with Crippen LogP contribution in [0, 0.1) is 0 Å². The molecule has 1 aliphatic rings. The second-order valence-electron chi connectivity index (χ2n) is 8.34. The maximum atomic E-state index is 13.1. The number of aliphatic hydroxyl groups is 1. The summed E-state index contributed by atoms with van der Waals surface area (Å²) in [5.74, 6) is -0.599. The molecule has 2 N–H and O–H groups in total. The first-order chi connectivity index (χ1) is 13.9. The predicted octanol–water partition coefficient (Wildman–Crippen LogP) is 3.08. The van der Waals surface area contributed by atoms with E-state index in [1.165, 1.54) is 18.2 Å². The summed E-state index contributed by atoms with van der Waals surface area (Å²) in [6.45, 7) is 5.00. The summed E-state index contributed by atoms with van der Waals surface area (Å²) in [5, 5.41) is 16.8. The van der Waals surface area contributed by atoms with Crippen LogP contribution in [-0.2, 0) is 17.5 Å². The Bertz CT molecular complexity index is 1000. The minimum atomic E-state index is -4.50. The van der Waals surface area contributed by atoms with Crippen LogP contribution in [0.3, 0.4) is 0 Å². The second-order valence-corrected chi connectivity index (χ2v) is 8.34. The van der Waals surface area contributed by atoms with Gasteiger partial charge in [-0.1, -0.05) is 26.0 Å². The molecule has 1 heterocycles. The molecule has 0 unspecified atom stereocenters. The lowest BCUT2D eigenvalue weighted by molar-refractivity contribution is -0.137. The van der Waals surface area contributed by atoms with Crippen molar-refractivity contribution >= 4 is 5.91 Å². The summed E-state index contributed by atoms with van der Waals surface area (Å²) in [5.41, 5.74) is -1.20. The topological polar surface area (TPSA) is 84.2 Å². The zero-order valence-corrected chi connectivity index (χ0v) is 17.0. The summed E-state index contributed by atoms with van der Waals surface area (Å²) in [6, 6.07) is 5.81. The number of alkyl halides is 3. The van der Waals surface area contributed by atoms with E-state index in [1.54, 1.807) is 6.92 Å². The van der Waals surface area contributed by atoms with Crippen molar-refractivity contribution in [2.24, 2.45) is 0 Å². The maximum absolute atomic E-state index is 13.1. The quantitative estimate of drug-likeness (QED) is 0.774. The summed E-state index contributed by atoms with van der Waals surface area (Å²) in [4.78, 5) is 24.8. The summed E-state index contributed by atoms with van der Waals surface area (Å²) in [7, 11) is 0. The molecule has 1 aromatic heterocycles. The molecule has 6 nitrogen and oxygen atoms in total. The molecule has 9 heteroatoms. The van der Waals surface area contributed by atoms with Crippen LogP contribution in [0.4, 0.5) is 13.2 Å². The molecule has 1 aliphatic carbocycles. The Morgan fingerprint density at radius 3 is 2.57 bits per heavy atom. The Kier molecular flexibility index (Phi) is 5.77. The molecule has 30 heavy (non-hydrogen) atoms. The Labute approximate surface area is 171 Å². The number of carbonyl (C=O) groups is 1. The van der Waals surface area contributed by atoms with Crippen LogP contribution in [0.2, 0.25) is 0 Å². The fraction of sp³-hybridized carbons (Fsp3) is 0.476. The Morgan fingerprint density at radius 2 is 2.00 bits per heavy atom. The first-order valence-electron chi connectivity index (χ1n) is 9.67. The lowest BCUT2D eigenvalue weighted by atomic mass is 9.77. The van der Waals surface area contributed by atoms with Crippen LogP contribution in [0.5, 0.6) is 0 Å². The highest BCUT2D eigenvalue weighted by atomic mass is 19.4. The van der Waals surface area contributed by atoms with Crippen molar-refractivity contribution in [1.29, 1.82) is 0 Å². The molecule has 0 aliphatic heterocycles. The van der Waals surface area contributed by atoms with Crippen molar-refractivity contribution in [3.05, 3.63) is 51.9 Å². The minimum absolute atomic E-state index is 0.155. The Hall–Kier alpha value is -2.68. The molecule has 0 radical (unpaired) electrons. The summed E-state index contributed by atoms with van der Waals surface area (Å²) >= 11 is 0. The maximum Gasteiger partial charge on any atom is 0.416 e. The van der Waals surface area contributed by atoms with Gasteiger partial charge in [0.2, 0.25) is 5.91 Å². The molecular weight excluding hydrogens is 399 g/mol. The first kappa shape index (κ1) is 22.0. The van der Waals surface area contributed by atoms with E-state index in [0.717, 1.165) is 16.8 Å². The average molecular weight is 423 g/mol. The third kappa shape index (κ3) is 4.89. The molecule has 1 saturated carbocycles. The number of hydrogen-bond donors (Lipinski definition) is 2. The third-order valence-corrected chi connectivity index (χ3v) is 5.11. The smallest absolute Gasteiger partial charge is 0.390 e. The number of carbonyl (C=O) groups excluding carboxylic acids is 1. The lowest BCUT2D eigenvalue weighted by Gasteiger charge is -2.41. The zero-order chi connectivity index (χ0) is 22.3. The van der Waals surface area contributed by atoms with Gasteiger partial charge in [0.1, 0.15) is 6.54 Å². The minimum Gasteiger partial charge on any atom is -0.390 e. The van der Waals surface area contributed by atoms with Gasteiger partial charge in [-0.15, -0.1) is 0 Å². The van der Waals surface area contributed by atoms with E-state index in [9.17, 15) is 27.9 Å². The van der Waals surface area contributed by atoms with E-state index in [4.69, 9.17) is 0 Å². The van der Waals surface area contributed by atoms with Crippen LogP contribution < -0.4 is 10.9 Å². The van der Waals surface area contributed by atoms with Crippen LogP contribution in [-0.4, -0.2) is 32.4 Å². The van der Waals surface area contributed by atoms with Gasteiger partial charge < -0.3 is 10.4 Å². The van der Waals surface area contributed by atoms with Gasteiger partial charge in [0.05, 0.1) is 16.9 Å². The van der Waals surface area contributed by atoms with Crippen molar-refractivity contribution < 1.29 is 23.1 Å². The predicted molar refractivity (Wildman–Crippen MR) is 105 cm³/mol. The number of halogens is 3. The largest absolute Gasteiger partial charge is 0.416 e. The van der Waals surface area contributed by atoms with Crippen molar-refractivity contribution in [3.63, 3.8) is 0 Å². The Balaban J connectivity index is 1.88. The number of nitrogens with zero attached hydrogens (tertiary/aromatic N) is 2. The zero-order valence-electron chi connectivity index (χ0n) is 17.0. The number of hydrogen-bond acceptors (Lipinski definition) is 4. The molecule has 162 valence electrons. The number of amides is 1. The molecule has 1 fully saturated rings. The summed E-state index contributed by atoms with van der Waals surface area (Å²) in [6.07, 6.45) is -3.62. The van der Waals surface area contributed by atoms with Crippen molar-refractivity contribution in [2.45, 2.75) is 63.9 Å². The molecular formula is C21H24F3N3O3. The molecule has 0 atom stereocenters. The molecule has 0 spiro atoms. The number of benzene rings is 1. The van der Waals surface area contributed by atoms with Gasteiger partial charge in [0.15, 0.2) is 0 Å². The molecule has 1 aromatic carbocycles. The summed E-state index contributed by atoms with van der Waals surface area (Å²) < 4.78 is 40.2. The molecule has 3 rings (SSSR count). The van der Waals surface area contributed by atoms with E-state index < -0.39 is 28.8 Å². The third-order valence-electron chi connectivity index (χ3n) is 5.11. The number of aromatic nitrogens is 2.